The highest BCUT2D eigenvalue weighted by molar-refractivity contribution is 5.87. The molecule has 96 valence electrons. The van der Waals surface area contributed by atoms with Gasteiger partial charge in [0.2, 0.25) is 0 Å². The van der Waals surface area contributed by atoms with E-state index in [0.717, 1.165) is 11.5 Å². The van der Waals surface area contributed by atoms with Gasteiger partial charge < -0.3 is 4.42 Å². The van der Waals surface area contributed by atoms with E-state index in [1.54, 1.807) is 5.56 Å². The molecule has 0 amide bonds. The number of furan rings is 1. The highest BCUT2D eigenvalue weighted by atomic mass is 16.3. The Morgan fingerprint density at radius 1 is 1.06 bits per heavy atom. The van der Waals surface area contributed by atoms with Gasteiger partial charge in [-0.25, -0.2) is 0 Å². The fourth-order valence-electron chi connectivity index (χ4n) is 2.95. The zero-order chi connectivity index (χ0) is 12.9. The molecule has 18 heavy (non-hydrogen) atoms. The predicted molar refractivity (Wildman–Crippen MR) is 76.4 cm³/mol. The number of hydrogen-bond acceptors (Lipinski definition) is 1. The van der Waals surface area contributed by atoms with E-state index in [2.05, 4.69) is 39.8 Å². The zero-order valence-electron chi connectivity index (χ0n) is 11.8. The maximum atomic E-state index is 5.76. The lowest BCUT2D eigenvalue weighted by atomic mass is 9.87. The third-order valence-corrected chi connectivity index (χ3v) is 4.07. The maximum absolute atomic E-state index is 5.76. The fourth-order valence-corrected chi connectivity index (χ4v) is 2.95. The average Bonchev–Trinajstić information content (AvgIpc) is 3.03. The molecular weight excluding hydrogens is 220 g/mol. The summed E-state index contributed by atoms with van der Waals surface area (Å²) in [7, 11) is 0. The zero-order valence-corrected chi connectivity index (χ0v) is 11.8. The lowest BCUT2D eigenvalue weighted by Crippen LogP contribution is -2.00. The lowest BCUT2D eigenvalue weighted by molar-refractivity contribution is 0.606. The van der Waals surface area contributed by atoms with Crippen LogP contribution in [0.1, 0.15) is 75.0 Å². The summed E-state index contributed by atoms with van der Waals surface area (Å²) in [6.45, 7) is 9.10. The molecule has 2 aromatic rings. The second kappa shape index (κ2) is 4.15. The van der Waals surface area contributed by atoms with Gasteiger partial charge >= 0.3 is 0 Å². The van der Waals surface area contributed by atoms with Gasteiger partial charge in [0.05, 0.1) is 6.26 Å². The fraction of sp³-hybridized carbons (Fsp3) is 0.529. The highest BCUT2D eigenvalue weighted by Gasteiger charge is 2.30. The van der Waals surface area contributed by atoms with Crippen LogP contribution in [-0.2, 0) is 0 Å². The van der Waals surface area contributed by atoms with Crippen LogP contribution in [0.3, 0.4) is 0 Å². The first kappa shape index (κ1) is 11.8. The molecular formula is C17H22O. The average molecular weight is 242 g/mol. The Bertz CT molecular complexity index is 571. The van der Waals surface area contributed by atoms with Crippen LogP contribution < -0.4 is 0 Å². The van der Waals surface area contributed by atoms with Gasteiger partial charge in [-0.15, -0.1) is 0 Å². The number of fused-ring (bicyclic) bond motifs is 1. The molecule has 0 aliphatic heterocycles. The Kier molecular flexibility index (Phi) is 2.73. The minimum absolute atomic E-state index is 0.518. The third kappa shape index (κ3) is 1.77. The quantitative estimate of drug-likeness (QED) is 0.687. The van der Waals surface area contributed by atoms with Crippen molar-refractivity contribution in [2.75, 3.05) is 0 Å². The SMILES string of the molecule is CC(C)c1cc(C(C)C)c2occc2c1C1CC1. The smallest absolute Gasteiger partial charge is 0.137 e. The molecule has 1 saturated carbocycles. The molecule has 1 aliphatic rings. The molecule has 1 aromatic carbocycles. The van der Waals surface area contributed by atoms with Crippen LogP contribution in [0.2, 0.25) is 0 Å². The molecule has 0 radical (unpaired) electrons. The van der Waals surface area contributed by atoms with Gasteiger partial charge in [0.25, 0.3) is 0 Å². The van der Waals surface area contributed by atoms with Gasteiger partial charge in [0.15, 0.2) is 0 Å². The number of benzene rings is 1. The molecule has 0 bridgehead atoms. The van der Waals surface area contributed by atoms with E-state index in [1.807, 2.05) is 6.26 Å². The van der Waals surface area contributed by atoms with E-state index in [0.29, 0.717) is 11.8 Å². The van der Waals surface area contributed by atoms with E-state index in [9.17, 15) is 0 Å². The van der Waals surface area contributed by atoms with Crippen LogP contribution in [0.4, 0.5) is 0 Å². The van der Waals surface area contributed by atoms with Crippen LogP contribution in [0.25, 0.3) is 11.0 Å². The first-order valence-corrected chi connectivity index (χ1v) is 7.13. The lowest BCUT2D eigenvalue weighted by Gasteiger charge is -2.17. The van der Waals surface area contributed by atoms with Crippen LogP contribution in [0, 0.1) is 0 Å². The van der Waals surface area contributed by atoms with Crippen LogP contribution in [-0.4, -0.2) is 0 Å². The van der Waals surface area contributed by atoms with Gasteiger partial charge in [-0.1, -0.05) is 33.8 Å². The molecule has 1 nitrogen and oxygen atoms in total. The standard InChI is InChI=1S/C17H22O/c1-10(2)14-9-15(11(3)4)17-13(7-8-18-17)16(14)12-5-6-12/h7-12H,5-6H2,1-4H3. The normalized spacial score (nSPS) is 16.1. The largest absolute Gasteiger partial charge is 0.464 e. The monoisotopic (exact) mass is 242 g/mol. The van der Waals surface area contributed by atoms with Gasteiger partial charge in [-0.05, 0) is 53.4 Å². The molecule has 0 atom stereocenters. The van der Waals surface area contributed by atoms with Crippen LogP contribution in [0.15, 0.2) is 22.8 Å². The first-order chi connectivity index (χ1) is 8.59. The first-order valence-electron chi connectivity index (χ1n) is 7.13. The molecule has 0 unspecified atom stereocenters. The Labute approximate surface area is 109 Å². The second-order valence-electron chi connectivity index (χ2n) is 6.22. The van der Waals surface area contributed by atoms with Gasteiger partial charge in [0, 0.05) is 5.39 Å². The summed E-state index contributed by atoms with van der Waals surface area (Å²) in [5, 5.41) is 1.37. The van der Waals surface area contributed by atoms with Crippen molar-refractivity contribution in [1.29, 1.82) is 0 Å². The van der Waals surface area contributed by atoms with E-state index >= 15 is 0 Å². The highest BCUT2D eigenvalue weighted by Crippen LogP contribution is 2.48. The van der Waals surface area contributed by atoms with Crippen LogP contribution in [0.5, 0.6) is 0 Å². The topological polar surface area (TPSA) is 13.1 Å². The molecule has 1 aliphatic carbocycles. The van der Waals surface area contributed by atoms with Gasteiger partial charge in [-0.3, -0.25) is 0 Å². The van der Waals surface area contributed by atoms with Crippen molar-refractivity contribution in [3.8, 4) is 0 Å². The molecule has 0 N–H and O–H groups in total. The Hall–Kier alpha value is -1.24. The minimum atomic E-state index is 0.518. The summed E-state index contributed by atoms with van der Waals surface area (Å²) in [5.74, 6) is 1.89. The minimum Gasteiger partial charge on any atom is -0.464 e. The molecule has 1 heterocycles. The summed E-state index contributed by atoms with van der Waals surface area (Å²) in [6.07, 6.45) is 4.55. The summed E-state index contributed by atoms with van der Waals surface area (Å²) in [5.41, 5.74) is 5.59. The number of rotatable bonds is 3. The molecule has 0 saturated heterocycles. The van der Waals surface area contributed by atoms with Crippen molar-refractivity contribution in [1.82, 2.24) is 0 Å². The molecule has 0 spiro atoms. The van der Waals surface area contributed by atoms with E-state index in [4.69, 9.17) is 4.42 Å². The second-order valence-corrected chi connectivity index (χ2v) is 6.22. The van der Waals surface area contributed by atoms with Crippen molar-refractivity contribution >= 4 is 11.0 Å². The number of hydrogen-bond donors (Lipinski definition) is 0. The van der Waals surface area contributed by atoms with Crippen molar-refractivity contribution in [3.63, 3.8) is 0 Å². The Morgan fingerprint density at radius 2 is 1.72 bits per heavy atom. The van der Waals surface area contributed by atoms with E-state index in [1.165, 1.54) is 29.4 Å². The van der Waals surface area contributed by atoms with Crippen molar-refractivity contribution < 1.29 is 4.42 Å². The molecule has 1 fully saturated rings. The third-order valence-electron chi connectivity index (χ3n) is 4.07. The van der Waals surface area contributed by atoms with E-state index in [-0.39, 0.29) is 0 Å². The van der Waals surface area contributed by atoms with E-state index < -0.39 is 0 Å². The van der Waals surface area contributed by atoms with Crippen molar-refractivity contribution in [2.45, 2.75) is 58.3 Å². The Balaban J connectivity index is 2.32. The van der Waals surface area contributed by atoms with Gasteiger partial charge in [-0.2, -0.15) is 0 Å². The summed E-state index contributed by atoms with van der Waals surface area (Å²) in [6, 6.07) is 4.57. The van der Waals surface area contributed by atoms with Crippen LogP contribution >= 0.6 is 0 Å². The summed E-state index contributed by atoms with van der Waals surface area (Å²) >= 11 is 0. The molecule has 3 rings (SSSR count). The Morgan fingerprint density at radius 3 is 2.28 bits per heavy atom. The summed E-state index contributed by atoms with van der Waals surface area (Å²) < 4.78 is 5.76. The van der Waals surface area contributed by atoms with Crippen molar-refractivity contribution in [3.05, 3.63) is 35.1 Å². The van der Waals surface area contributed by atoms with Gasteiger partial charge in [0.1, 0.15) is 5.58 Å². The summed E-state index contributed by atoms with van der Waals surface area (Å²) in [4.78, 5) is 0. The maximum Gasteiger partial charge on any atom is 0.137 e. The predicted octanol–water partition coefficient (Wildman–Crippen LogP) is 5.56. The molecule has 1 heteroatoms. The molecule has 1 aromatic heterocycles. The van der Waals surface area contributed by atoms with Crippen molar-refractivity contribution in [2.24, 2.45) is 0 Å².